The Hall–Kier alpha value is -5.26. The summed E-state index contributed by atoms with van der Waals surface area (Å²) in [5.74, 6) is -0.523. The summed E-state index contributed by atoms with van der Waals surface area (Å²) in [6, 6.07) is 16.8. The number of anilines is 1. The summed E-state index contributed by atoms with van der Waals surface area (Å²) in [6.45, 7) is 0. The van der Waals surface area contributed by atoms with Crippen LogP contribution in [0, 0.1) is 42.9 Å². The lowest BCUT2D eigenvalue weighted by atomic mass is 10.1. The molecule has 0 aliphatic rings. The molecule has 0 bridgehead atoms. The van der Waals surface area contributed by atoms with Crippen LogP contribution in [0.4, 0.5) is 17.1 Å². The fourth-order valence-electron chi connectivity index (χ4n) is 2.83. The number of hydrogen-bond donors (Lipinski definition) is 1. The van der Waals surface area contributed by atoms with Crippen molar-refractivity contribution in [1.29, 1.82) is 10.5 Å². The molecule has 35 heavy (non-hydrogen) atoms. The van der Waals surface area contributed by atoms with Crippen LogP contribution in [0.5, 0.6) is 11.5 Å². The second-order valence-electron chi connectivity index (χ2n) is 6.77. The molecule has 0 heterocycles. The van der Waals surface area contributed by atoms with Gasteiger partial charge in [0.05, 0.1) is 20.6 Å². The number of hydrogen-bond acceptors (Lipinski definition) is 8. The Labute approximate surface area is 202 Å². The molecule has 3 rings (SSSR count). The number of carbonyl (C=O) groups excluding carboxylic acids is 1. The van der Waals surface area contributed by atoms with Crippen molar-refractivity contribution in [2.45, 2.75) is 0 Å². The Morgan fingerprint density at radius 3 is 2.34 bits per heavy atom. The van der Waals surface area contributed by atoms with Gasteiger partial charge in [-0.15, -0.1) is 0 Å². The van der Waals surface area contributed by atoms with E-state index in [0.29, 0.717) is 5.56 Å². The standard InChI is InChI=1S/C23H12ClN5O6/c24-20-6-4-18(29(33)34)11-21(20)27-23(30)16(13-26)8-14-2-1-3-19(9-14)35-22-7-5-17(28(31)32)10-15(22)12-25/h1-11H,(H,27,30)/b16-8+. The minimum Gasteiger partial charge on any atom is -0.456 e. The lowest BCUT2D eigenvalue weighted by Gasteiger charge is -2.09. The van der Waals surface area contributed by atoms with Crippen molar-refractivity contribution in [1.82, 2.24) is 0 Å². The molecule has 172 valence electrons. The van der Waals surface area contributed by atoms with Crippen LogP contribution in [0.15, 0.2) is 66.2 Å². The van der Waals surface area contributed by atoms with Gasteiger partial charge in [-0.3, -0.25) is 25.0 Å². The van der Waals surface area contributed by atoms with Crippen molar-refractivity contribution in [3.8, 4) is 23.6 Å². The number of nitrogens with zero attached hydrogens (tertiary/aromatic N) is 4. The van der Waals surface area contributed by atoms with Crippen LogP contribution < -0.4 is 10.1 Å². The maximum Gasteiger partial charge on any atom is 0.271 e. The summed E-state index contributed by atoms with van der Waals surface area (Å²) >= 11 is 5.99. The normalized spacial score (nSPS) is 10.5. The van der Waals surface area contributed by atoms with E-state index in [2.05, 4.69) is 5.32 Å². The monoisotopic (exact) mass is 489 g/mol. The number of nitrogens with one attached hydrogen (secondary N) is 1. The van der Waals surface area contributed by atoms with E-state index < -0.39 is 15.8 Å². The zero-order chi connectivity index (χ0) is 25.5. The van der Waals surface area contributed by atoms with Gasteiger partial charge in [-0.2, -0.15) is 10.5 Å². The van der Waals surface area contributed by atoms with Crippen LogP contribution in [0.3, 0.4) is 0 Å². The first-order chi connectivity index (χ1) is 16.7. The Balaban J connectivity index is 1.85. The van der Waals surface area contributed by atoms with Crippen molar-refractivity contribution in [3.05, 3.63) is 103 Å². The molecule has 0 spiro atoms. The number of non-ortho nitro benzene ring substituents is 2. The highest BCUT2D eigenvalue weighted by Crippen LogP contribution is 2.30. The predicted octanol–water partition coefficient (Wildman–Crippen LogP) is 5.37. The molecule has 0 aliphatic heterocycles. The maximum absolute atomic E-state index is 12.6. The number of benzene rings is 3. The molecule has 11 nitrogen and oxygen atoms in total. The van der Waals surface area contributed by atoms with Gasteiger partial charge < -0.3 is 10.1 Å². The summed E-state index contributed by atoms with van der Waals surface area (Å²) in [4.78, 5) is 33.2. The molecule has 1 amide bonds. The van der Waals surface area contributed by atoms with Crippen molar-refractivity contribution >= 4 is 40.6 Å². The Morgan fingerprint density at radius 1 is 1.00 bits per heavy atom. The zero-order valence-electron chi connectivity index (χ0n) is 17.5. The molecule has 0 fully saturated rings. The van der Waals surface area contributed by atoms with E-state index in [1.807, 2.05) is 6.07 Å². The van der Waals surface area contributed by atoms with Gasteiger partial charge in [-0.05, 0) is 35.9 Å². The topological polar surface area (TPSA) is 172 Å². The average molecular weight is 490 g/mol. The molecule has 1 N–H and O–H groups in total. The summed E-state index contributed by atoms with van der Waals surface area (Å²) in [7, 11) is 0. The van der Waals surface area contributed by atoms with Gasteiger partial charge >= 0.3 is 0 Å². The van der Waals surface area contributed by atoms with Gasteiger partial charge in [0.25, 0.3) is 17.3 Å². The summed E-state index contributed by atoms with van der Waals surface area (Å²) in [5.41, 5.74) is -0.575. The number of nitro groups is 2. The third-order valence-electron chi connectivity index (χ3n) is 4.47. The van der Waals surface area contributed by atoms with Crippen molar-refractivity contribution < 1.29 is 19.4 Å². The Kier molecular flexibility index (Phi) is 7.36. The van der Waals surface area contributed by atoms with E-state index in [-0.39, 0.29) is 44.7 Å². The molecule has 0 unspecified atom stereocenters. The second-order valence-corrected chi connectivity index (χ2v) is 7.18. The molecule has 0 saturated heterocycles. The number of amides is 1. The van der Waals surface area contributed by atoms with Crippen LogP contribution in [0.25, 0.3) is 6.08 Å². The van der Waals surface area contributed by atoms with Gasteiger partial charge in [-0.1, -0.05) is 23.7 Å². The third-order valence-corrected chi connectivity index (χ3v) is 4.79. The minimum atomic E-state index is -0.844. The van der Waals surface area contributed by atoms with E-state index in [1.165, 1.54) is 36.4 Å². The molecule has 12 heteroatoms. The molecule has 0 atom stereocenters. The number of rotatable bonds is 7. The Bertz CT molecular complexity index is 1470. The number of carbonyl (C=O) groups is 1. The average Bonchev–Trinajstić information content (AvgIpc) is 2.84. The van der Waals surface area contributed by atoms with Gasteiger partial charge in [0.1, 0.15) is 34.8 Å². The number of ether oxygens (including phenoxy) is 1. The molecule has 3 aromatic carbocycles. The molecule has 0 aromatic heterocycles. The zero-order valence-corrected chi connectivity index (χ0v) is 18.2. The second kappa shape index (κ2) is 10.6. The smallest absolute Gasteiger partial charge is 0.271 e. The van der Waals surface area contributed by atoms with Crippen molar-refractivity contribution in [2.24, 2.45) is 0 Å². The molecule has 0 saturated carbocycles. The largest absolute Gasteiger partial charge is 0.456 e. The maximum atomic E-state index is 12.6. The molecule has 3 aromatic rings. The highest BCUT2D eigenvalue weighted by atomic mass is 35.5. The Morgan fingerprint density at radius 2 is 1.69 bits per heavy atom. The van der Waals surface area contributed by atoms with E-state index >= 15 is 0 Å². The van der Waals surface area contributed by atoms with Gasteiger partial charge in [0.15, 0.2) is 0 Å². The van der Waals surface area contributed by atoms with E-state index in [0.717, 1.165) is 12.1 Å². The van der Waals surface area contributed by atoms with Crippen LogP contribution >= 0.6 is 11.6 Å². The van der Waals surface area contributed by atoms with Crippen molar-refractivity contribution in [2.75, 3.05) is 5.32 Å². The first-order valence-corrected chi connectivity index (χ1v) is 9.93. The molecule has 0 aliphatic carbocycles. The summed E-state index contributed by atoms with van der Waals surface area (Å²) in [6.07, 6.45) is 1.26. The van der Waals surface area contributed by atoms with Gasteiger partial charge in [0, 0.05) is 24.3 Å². The van der Waals surface area contributed by atoms with Gasteiger partial charge in [-0.25, -0.2) is 0 Å². The van der Waals surface area contributed by atoms with E-state index in [9.17, 15) is 35.5 Å². The van der Waals surface area contributed by atoms with Gasteiger partial charge in [0.2, 0.25) is 0 Å². The van der Waals surface area contributed by atoms with Crippen LogP contribution in [0.1, 0.15) is 11.1 Å². The van der Waals surface area contributed by atoms with Crippen LogP contribution in [0.2, 0.25) is 5.02 Å². The highest BCUT2D eigenvalue weighted by molar-refractivity contribution is 6.34. The number of nitriles is 2. The van der Waals surface area contributed by atoms with Crippen molar-refractivity contribution in [3.63, 3.8) is 0 Å². The predicted molar refractivity (Wildman–Crippen MR) is 125 cm³/mol. The number of halogens is 1. The first-order valence-electron chi connectivity index (χ1n) is 9.55. The van der Waals surface area contributed by atoms with Crippen LogP contribution in [-0.4, -0.2) is 15.8 Å². The fourth-order valence-corrected chi connectivity index (χ4v) is 3.00. The lowest BCUT2D eigenvalue weighted by Crippen LogP contribution is -2.14. The fraction of sp³-hybridized carbons (Fsp3) is 0. The summed E-state index contributed by atoms with van der Waals surface area (Å²) < 4.78 is 5.66. The number of nitro benzene ring substituents is 2. The first kappa shape index (κ1) is 24.4. The summed E-state index contributed by atoms with van der Waals surface area (Å²) in [5, 5.41) is 43.0. The third kappa shape index (κ3) is 5.96. The SMILES string of the molecule is N#C/C(=C\c1cccc(Oc2ccc([N+](=O)[O-])cc2C#N)c1)C(=O)Nc1cc([N+](=O)[O-])ccc1Cl. The van der Waals surface area contributed by atoms with E-state index in [1.54, 1.807) is 24.3 Å². The quantitative estimate of drug-likeness (QED) is 0.199. The molecular formula is C23H12ClN5O6. The lowest BCUT2D eigenvalue weighted by molar-refractivity contribution is -0.385. The molecular weight excluding hydrogens is 478 g/mol. The van der Waals surface area contributed by atoms with Crippen LogP contribution in [-0.2, 0) is 4.79 Å². The minimum absolute atomic E-state index is 0.0358. The highest BCUT2D eigenvalue weighted by Gasteiger charge is 2.16. The van der Waals surface area contributed by atoms with E-state index in [4.69, 9.17) is 16.3 Å². The molecule has 0 radical (unpaired) electrons.